The molecule has 0 N–H and O–H groups in total. The Bertz CT molecular complexity index is 809. The smallest absolute Gasteiger partial charge is 0.228 e. The van der Waals surface area contributed by atoms with E-state index in [1.165, 1.54) is 5.56 Å². The highest BCUT2D eigenvalue weighted by Crippen LogP contribution is 2.33. The summed E-state index contributed by atoms with van der Waals surface area (Å²) in [5.74, 6) is 0.00822. The van der Waals surface area contributed by atoms with Crippen LogP contribution >= 0.6 is 0 Å². The molecule has 2 aliphatic rings. The number of rotatable bonds is 5. The molecule has 0 aliphatic carbocycles. The molecule has 2 aromatic rings. The third kappa shape index (κ3) is 4.08. The quantitative estimate of drug-likeness (QED) is 0.804. The van der Waals surface area contributed by atoms with Crippen molar-refractivity contribution in [3.63, 3.8) is 0 Å². The van der Waals surface area contributed by atoms with Gasteiger partial charge in [0.15, 0.2) is 0 Å². The number of hydrogen-bond acceptors (Lipinski definition) is 3. The summed E-state index contributed by atoms with van der Waals surface area (Å²) in [7, 11) is 0. The van der Waals surface area contributed by atoms with E-state index >= 15 is 0 Å². The van der Waals surface area contributed by atoms with E-state index in [0.717, 1.165) is 37.8 Å². The highest BCUT2D eigenvalue weighted by atomic mass is 16.2. The Balaban J connectivity index is 1.40. The summed E-state index contributed by atoms with van der Waals surface area (Å²) in [6, 6.07) is 14.3. The lowest BCUT2D eigenvalue weighted by Crippen LogP contribution is -2.42. The van der Waals surface area contributed by atoms with Crippen LogP contribution in [0.5, 0.6) is 0 Å². The van der Waals surface area contributed by atoms with E-state index in [2.05, 4.69) is 23.2 Å². The highest BCUT2D eigenvalue weighted by molar-refractivity contribution is 5.89. The molecule has 5 nitrogen and oxygen atoms in total. The van der Waals surface area contributed by atoms with Crippen molar-refractivity contribution in [1.29, 1.82) is 0 Å². The van der Waals surface area contributed by atoms with Crippen LogP contribution in [-0.2, 0) is 16.0 Å². The van der Waals surface area contributed by atoms with Crippen LogP contribution in [0.3, 0.4) is 0 Å². The molecule has 5 heteroatoms. The number of carbonyl (C=O) groups is 2. The van der Waals surface area contributed by atoms with Gasteiger partial charge in [0.25, 0.3) is 0 Å². The molecule has 4 rings (SSSR count). The lowest BCUT2D eigenvalue weighted by molar-refractivity contribution is -0.139. The van der Waals surface area contributed by atoms with E-state index in [-0.39, 0.29) is 23.8 Å². The van der Waals surface area contributed by atoms with Crippen molar-refractivity contribution in [2.75, 3.05) is 19.6 Å². The fourth-order valence-electron chi connectivity index (χ4n) is 4.41. The summed E-state index contributed by atoms with van der Waals surface area (Å²) in [4.78, 5) is 33.9. The van der Waals surface area contributed by atoms with Crippen LogP contribution in [0, 0.1) is 5.92 Å². The van der Waals surface area contributed by atoms with E-state index in [1.54, 1.807) is 6.20 Å². The fraction of sp³-hybridized carbons (Fsp3) is 0.435. The van der Waals surface area contributed by atoms with Gasteiger partial charge in [-0.25, -0.2) is 0 Å². The minimum Gasteiger partial charge on any atom is -0.342 e. The van der Waals surface area contributed by atoms with E-state index in [1.807, 2.05) is 40.3 Å². The Morgan fingerprint density at radius 3 is 2.75 bits per heavy atom. The van der Waals surface area contributed by atoms with Gasteiger partial charge < -0.3 is 9.80 Å². The molecule has 2 saturated heterocycles. The number of nitrogens with zero attached hydrogens (tertiary/aromatic N) is 3. The molecule has 2 atom stereocenters. The summed E-state index contributed by atoms with van der Waals surface area (Å²) < 4.78 is 0. The van der Waals surface area contributed by atoms with Gasteiger partial charge in [-0.3, -0.25) is 14.6 Å². The number of piperidine rings is 1. The minimum atomic E-state index is -0.222. The summed E-state index contributed by atoms with van der Waals surface area (Å²) in [5, 5.41) is 0. The average Bonchev–Trinajstić information content (AvgIpc) is 3.13. The molecule has 1 aromatic heterocycles. The molecule has 146 valence electrons. The molecule has 0 bridgehead atoms. The molecule has 3 heterocycles. The standard InChI is InChI=1S/C23H27N3O2/c27-22-15-20(17-25(22)14-11-18-7-2-1-3-8-18)23(28)26-13-5-4-10-21(26)19-9-6-12-24-16-19/h1-3,6-9,12,16,20-21H,4-5,10-11,13-15,17H2. The average molecular weight is 377 g/mol. The summed E-state index contributed by atoms with van der Waals surface area (Å²) >= 11 is 0. The van der Waals surface area contributed by atoms with Crippen LogP contribution in [0.1, 0.15) is 42.9 Å². The van der Waals surface area contributed by atoms with Gasteiger partial charge in [-0.05, 0) is 42.9 Å². The molecule has 0 spiro atoms. The molecule has 2 unspecified atom stereocenters. The number of likely N-dealkylation sites (tertiary alicyclic amines) is 2. The number of pyridine rings is 1. The summed E-state index contributed by atoms with van der Waals surface area (Å²) in [6.07, 6.45) is 7.91. The minimum absolute atomic E-state index is 0.0865. The third-order valence-electron chi connectivity index (χ3n) is 5.93. The molecule has 2 amide bonds. The Morgan fingerprint density at radius 2 is 1.96 bits per heavy atom. The van der Waals surface area contributed by atoms with Gasteiger partial charge >= 0.3 is 0 Å². The largest absolute Gasteiger partial charge is 0.342 e. The zero-order valence-corrected chi connectivity index (χ0v) is 16.2. The summed E-state index contributed by atoms with van der Waals surface area (Å²) in [5.41, 5.74) is 2.32. The van der Waals surface area contributed by atoms with Gasteiger partial charge in [-0.2, -0.15) is 0 Å². The lowest BCUT2D eigenvalue weighted by atomic mass is 9.94. The second kappa shape index (κ2) is 8.55. The highest BCUT2D eigenvalue weighted by Gasteiger charge is 2.39. The third-order valence-corrected chi connectivity index (χ3v) is 5.93. The number of carbonyl (C=O) groups excluding carboxylic acids is 2. The molecule has 2 fully saturated rings. The normalized spacial score (nSPS) is 22.5. The predicted octanol–water partition coefficient (Wildman–Crippen LogP) is 3.23. The van der Waals surface area contributed by atoms with Gasteiger partial charge in [0.1, 0.15) is 0 Å². The van der Waals surface area contributed by atoms with Crippen molar-refractivity contribution in [1.82, 2.24) is 14.8 Å². The van der Waals surface area contributed by atoms with E-state index < -0.39 is 0 Å². The zero-order chi connectivity index (χ0) is 19.3. The van der Waals surface area contributed by atoms with Crippen molar-refractivity contribution in [2.45, 2.75) is 38.1 Å². The Morgan fingerprint density at radius 1 is 1.11 bits per heavy atom. The van der Waals surface area contributed by atoms with Crippen LogP contribution in [0.2, 0.25) is 0 Å². The molecular formula is C23H27N3O2. The van der Waals surface area contributed by atoms with Gasteiger partial charge in [0, 0.05) is 38.4 Å². The second-order valence-corrected chi connectivity index (χ2v) is 7.81. The van der Waals surface area contributed by atoms with Crippen molar-refractivity contribution in [3.05, 3.63) is 66.0 Å². The van der Waals surface area contributed by atoms with E-state index in [4.69, 9.17) is 0 Å². The van der Waals surface area contributed by atoms with Crippen LogP contribution in [0.4, 0.5) is 0 Å². The Labute approximate surface area is 166 Å². The molecule has 2 aliphatic heterocycles. The van der Waals surface area contributed by atoms with Crippen LogP contribution in [0.25, 0.3) is 0 Å². The van der Waals surface area contributed by atoms with Crippen molar-refractivity contribution in [3.8, 4) is 0 Å². The second-order valence-electron chi connectivity index (χ2n) is 7.81. The number of benzene rings is 1. The summed E-state index contributed by atoms with van der Waals surface area (Å²) in [6.45, 7) is 1.99. The number of hydrogen-bond donors (Lipinski definition) is 0. The van der Waals surface area contributed by atoms with Crippen molar-refractivity contribution < 1.29 is 9.59 Å². The fourth-order valence-corrected chi connectivity index (χ4v) is 4.41. The molecule has 1 aromatic carbocycles. The molecule has 0 saturated carbocycles. The number of aromatic nitrogens is 1. The Hall–Kier alpha value is -2.69. The van der Waals surface area contributed by atoms with Crippen molar-refractivity contribution >= 4 is 11.8 Å². The molecular weight excluding hydrogens is 350 g/mol. The van der Waals surface area contributed by atoms with E-state index in [9.17, 15) is 9.59 Å². The lowest BCUT2D eigenvalue weighted by Gasteiger charge is -2.37. The first kappa shape index (κ1) is 18.7. The van der Waals surface area contributed by atoms with Crippen molar-refractivity contribution in [2.24, 2.45) is 5.92 Å². The number of amides is 2. The molecule has 0 radical (unpaired) electrons. The van der Waals surface area contributed by atoms with Gasteiger partial charge in [-0.15, -0.1) is 0 Å². The van der Waals surface area contributed by atoms with Gasteiger partial charge in [0.05, 0.1) is 12.0 Å². The van der Waals surface area contributed by atoms with E-state index in [0.29, 0.717) is 19.5 Å². The Kier molecular flexibility index (Phi) is 5.70. The SMILES string of the molecule is O=C1CC(C(=O)N2CCCCC2c2cccnc2)CN1CCc1ccccc1. The van der Waals surface area contributed by atoms with Crippen LogP contribution < -0.4 is 0 Å². The molecule has 28 heavy (non-hydrogen) atoms. The van der Waals surface area contributed by atoms with Crippen LogP contribution in [0.15, 0.2) is 54.9 Å². The predicted molar refractivity (Wildman–Crippen MR) is 107 cm³/mol. The maximum absolute atomic E-state index is 13.3. The first-order valence-corrected chi connectivity index (χ1v) is 10.2. The zero-order valence-electron chi connectivity index (χ0n) is 16.2. The van der Waals surface area contributed by atoms with Gasteiger partial charge in [-0.1, -0.05) is 36.4 Å². The van der Waals surface area contributed by atoms with Gasteiger partial charge in [0.2, 0.25) is 11.8 Å². The topological polar surface area (TPSA) is 53.5 Å². The van der Waals surface area contributed by atoms with Crippen LogP contribution in [-0.4, -0.2) is 46.2 Å². The first-order valence-electron chi connectivity index (χ1n) is 10.2. The monoisotopic (exact) mass is 377 g/mol. The maximum Gasteiger partial charge on any atom is 0.228 e. The first-order chi connectivity index (χ1) is 13.7. The maximum atomic E-state index is 13.3.